The Balaban J connectivity index is 2.15. The first-order valence-electron chi connectivity index (χ1n) is 7.24. The number of benzene rings is 1. The minimum Gasteiger partial charge on any atom is -0.710 e. The average Bonchev–Trinajstić information content (AvgIpc) is 2.82. The summed E-state index contributed by atoms with van der Waals surface area (Å²) in [6, 6.07) is 9.15. The molecule has 2 aromatic heterocycles. The number of carbonyl (C=O) groups is 1. The van der Waals surface area contributed by atoms with Gasteiger partial charge in [-0.05, 0) is 36.4 Å². The molecule has 1 aromatic carbocycles. The number of hydrogen-bond acceptors (Lipinski definition) is 3. The van der Waals surface area contributed by atoms with Crippen molar-refractivity contribution >= 4 is 11.7 Å². The highest BCUT2D eigenvalue weighted by Crippen LogP contribution is 2.30. The smallest absolute Gasteiger partial charge is 0.247 e. The van der Waals surface area contributed by atoms with Crippen LogP contribution in [0.5, 0.6) is 0 Å². The van der Waals surface area contributed by atoms with Crippen LogP contribution in [0.4, 0.5) is 10.2 Å². The Hall–Kier alpha value is -3.22. The summed E-state index contributed by atoms with van der Waals surface area (Å²) in [5.41, 5.74) is 2.35. The predicted octanol–water partition coefficient (Wildman–Crippen LogP) is 2.49. The maximum atomic E-state index is 13.2. The molecule has 6 nitrogen and oxygen atoms in total. The molecule has 7 heteroatoms. The maximum Gasteiger partial charge on any atom is 0.247 e. The quantitative estimate of drug-likeness (QED) is 0.593. The highest BCUT2D eigenvalue weighted by atomic mass is 19.1. The van der Waals surface area contributed by atoms with E-state index >= 15 is 0 Å². The summed E-state index contributed by atoms with van der Waals surface area (Å²) in [6.45, 7) is 1.40. The first-order chi connectivity index (χ1) is 11.5. The molecule has 24 heavy (non-hydrogen) atoms. The lowest BCUT2D eigenvalue weighted by Crippen LogP contribution is -2.25. The van der Waals surface area contributed by atoms with Gasteiger partial charge in [0.2, 0.25) is 12.2 Å². The van der Waals surface area contributed by atoms with Crippen molar-refractivity contribution in [1.82, 2.24) is 9.55 Å². The Morgan fingerprint density at radius 2 is 1.96 bits per heavy atom. The Morgan fingerprint density at radius 1 is 1.25 bits per heavy atom. The van der Waals surface area contributed by atoms with Crippen molar-refractivity contribution in [2.45, 2.75) is 6.92 Å². The molecule has 3 aromatic rings. The summed E-state index contributed by atoms with van der Waals surface area (Å²) >= 11 is 0. The lowest BCUT2D eigenvalue weighted by atomic mass is 10.1. The number of hydrogen-bond donors (Lipinski definition) is 1. The molecule has 122 valence electrons. The molecule has 0 aliphatic heterocycles. The predicted molar refractivity (Wildman–Crippen MR) is 87.3 cm³/mol. The van der Waals surface area contributed by atoms with Crippen LogP contribution >= 0.6 is 0 Å². The number of carbonyl (C=O) groups excluding carboxylic acids is 1. The molecule has 1 N–H and O–H groups in total. The van der Waals surface area contributed by atoms with Crippen molar-refractivity contribution in [3.8, 4) is 22.5 Å². The molecular weight excluding hydrogens is 311 g/mol. The van der Waals surface area contributed by atoms with Crippen molar-refractivity contribution in [2.75, 3.05) is 5.32 Å². The van der Waals surface area contributed by atoms with Gasteiger partial charge in [0.1, 0.15) is 11.6 Å². The molecule has 0 atom stereocenters. The van der Waals surface area contributed by atoms with Gasteiger partial charge < -0.3 is 10.5 Å². The lowest BCUT2D eigenvalue weighted by Gasteiger charge is -2.07. The van der Waals surface area contributed by atoms with Gasteiger partial charge in [-0.2, -0.15) is 0 Å². The van der Waals surface area contributed by atoms with E-state index in [0.29, 0.717) is 28.3 Å². The van der Waals surface area contributed by atoms with Gasteiger partial charge in [-0.15, -0.1) is 0 Å². The fourth-order valence-corrected chi connectivity index (χ4v) is 2.58. The third kappa shape index (κ3) is 2.96. The molecule has 3 rings (SSSR count). The van der Waals surface area contributed by atoms with E-state index in [4.69, 9.17) is 0 Å². The van der Waals surface area contributed by atoms with Crippen LogP contribution in [0.2, 0.25) is 0 Å². The number of aryl methyl sites for hydroxylation is 1. The molecule has 0 saturated heterocycles. The number of halogens is 1. The van der Waals surface area contributed by atoms with Crippen LogP contribution in [0.25, 0.3) is 22.5 Å². The molecule has 0 unspecified atom stereocenters. The van der Waals surface area contributed by atoms with Crippen molar-refractivity contribution in [2.24, 2.45) is 7.05 Å². The van der Waals surface area contributed by atoms with Crippen LogP contribution in [-0.2, 0) is 11.8 Å². The first-order valence-corrected chi connectivity index (χ1v) is 7.24. The third-order valence-corrected chi connectivity index (χ3v) is 3.53. The molecule has 0 saturated carbocycles. The number of aromatic nitrogens is 3. The Morgan fingerprint density at radius 3 is 2.62 bits per heavy atom. The largest absolute Gasteiger partial charge is 0.710 e. The molecule has 0 bridgehead atoms. The van der Waals surface area contributed by atoms with E-state index < -0.39 is 0 Å². The van der Waals surface area contributed by atoms with E-state index in [2.05, 4.69) is 10.3 Å². The summed E-state index contributed by atoms with van der Waals surface area (Å²) in [6.07, 6.45) is 2.95. The standard InChI is InChI=1S/C17H15FN4O2/c1-11(23)20-15-9-13(7-8-19-15)16-17(22(24)10-21(16)2)12-3-5-14(18)6-4-12/h3-10H,1-2H3,(H,19,20,23). The molecule has 0 fully saturated rings. The molecule has 0 spiro atoms. The van der Waals surface area contributed by atoms with Crippen molar-refractivity contribution < 1.29 is 13.9 Å². The fourth-order valence-electron chi connectivity index (χ4n) is 2.58. The SMILES string of the molecule is CC(=O)Nc1cc(-c2c(-c3ccc(F)cc3)[n+]([O-])cn2C)ccn1. The topological polar surface area (TPSA) is 73.9 Å². The number of pyridine rings is 1. The fraction of sp³-hybridized carbons (Fsp3) is 0.118. The monoisotopic (exact) mass is 326 g/mol. The molecule has 2 heterocycles. The summed E-state index contributed by atoms with van der Waals surface area (Å²) < 4.78 is 15.6. The van der Waals surface area contributed by atoms with Crippen molar-refractivity contribution in [3.05, 3.63) is 59.9 Å². The second-order valence-electron chi connectivity index (χ2n) is 5.37. The molecule has 0 radical (unpaired) electrons. The van der Waals surface area contributed by atoms with Crippen molar-refractivity contribution in [1.29, 1.82) is 0 Å². The summed E-state index contributed by atoms with van der Waals surface area (Å²) in [4.78, 5) is 15.3. The molecule has 0 aliphatic carbocycles. The van der Waals surface area contributed by atoms with E-state index in [1.165, 1.54) is 25.4 Å². The number of nitrogens with zero attached hydrogens (tertiary/aromatic N) is 3. The highest BCUT2D eigenvalue weighted by molar-refractivity contribution is 5.88. The van der Waals surface area contributed by atoms with Crippen LogP contribution in [0.3, 0.4) is 0 Å². The third-order valence-electron chi connectivity index (χ3n) is 3.53. The number of rotatable bonds is 3. The average molecular weight is 326 g/mol. The van der Waals surface area contributed by atoms with Gasteiger partial charge in [0, 0.05) is 24.2 Å². The Labute approximate surface area is 137 Å². The van der Waals surface area contributed by atoms with Crippen molar-refractivity contribution in [3.63, 3.8) is 0 Å². The second-order valence-corrected chi connectivity index (χ2v) is 5.37. The maximum absolute atomic E-state index is 13.2. The molecule has 0 aliphatic rings. The Bertz CT molecular complexity index is 903. The van der Waals surface area contributed by atoms with E-state index in [9.17, 15) is 14.4 Å². The van der Waals surface area contributed by atoms with Crippen LogP contribution in [0.15, 0.2) is 48.9 Å². The van der Waals surface area contributed by atoms with E-state index in [1.54, 1.807) is 42.1 Å². The van der Waals surface area contributed by atoms with Gasteiger partial charge in [-0.25, -0.2) is 18.7 Å². The Kier molecular flexibility index (Phi) is 3.99. The van der Waals surface area contributed by atoms with Crippen LogP contribution in [0, 0.1) is 11.0 Å². The zero-order valence-corrected chi connectivity index (χ0v) is 13.2. The van der Waals surface area contributed by atoms with Gasteiger partial charge >= 0.3 is 0 Å². The highest BCUT2D eigenvalue weighted by Gasteiger charge is 2.22. The number of amides is 1. The van der Waals surface area contributed by atoms with E-state index in [-0.39, 0.29) is 11.7 Å². The minimum atomic E-state index is -0.370. The van der Waals surface area contributed by atoms with Crippen LogP contribution in [-0.4, -0.2) is 15.5 Å². The summed E-state index contributed by atoms with van der Waals surface area (Å²) in [5, 5.41) is 14.9. The van der Waals surface area contributed by atoms with E-state index in [1.807, 2.05) is 0 Å². The molecule has 1 amide bonds. The minimum absolute atomic E-state index is 0.232. The lowest BCUT2D eigenvalue weighted by molar-refractivity contribution is -0.593. The van der Waals surface area contributed by atoms with Gasteiger partial charge in [-0.1, -0.05) is 0 Å². The van der Waals surface area contributed by atoms with Gasteiger partial charge in [0.15, 0.2) is 11.4 Å². The zero-order valence-electron chi connectivity index (χ0n) is 13.2. The van der Waals surface area contributed by atoms with Crippen LogP contribution in [0.1, 0.15) is 6.92 Å². The number of imidazole rings is 1. The number of nitrogens with one attached hydrogen (secondary N) is 1. The zero-order chi connectivity index (χ0) is 17.3. The van der Waals surface area contributed by atoms with Gasteiger partial charge in [0.25, 0.3) is 0 Å². The van der Waals surface area contributed by atoms with E-state index in [0.717, 1.165) is 4.73 Å². The van der Waals surface area contributed by atoms with Crippen LogP contribution < -0.4 is 10.0 Å². The summed E-state index contributed by atoms with van der Waals surface area (Å²) in [7, 11) is 1.75. The summed E-state index contributed by atoms with van der Waals surface area (Å²) in [5.74, 6) is -0.210. The van der Waals surface area contributed by atoms with Gasteiger partial charge in [0.05, 0.1) is 7.05 Å². The number of anilines is 1. The second kappa shape index (κ2) is 6.11. The molecular formula is C17H15FN4O2. The normalized spacial score (nSPS) is 10.6. The first kappa shape index (κ1) is 15.7. The van der Waals surface area contributed by atoms with Gasteiger partial charge in [-0.3, -0.25) is 4.79 Å².